The van der Waals surface area contributed by atoms with E-state index in [4.69, 9.17) is 9.84 Å². The first-order valence-corrected chi connectivity index (χ1v) is 6.57. The molecule has 2 atom stereocenters. The summed E-state index contributed by atoms with van der Waals surface area (Å²) in [6.07, 6.45) is 3.64. The highest BCUT2D eigenvalue weighted by Crippen LogP contribution is 2.20. The van der Waals surface area contributed by atoms with Crippen LogP contribution in [0.1, 0.15) is 32.6 Å². The van der Waals surface area contributed by atoms with Crippen LogP contribution in [-0.2, 0) is 9.53 Å². The van der Waals surface area contributed by atoms with Crippen molar-refractivity contribution in [2.75, 3.05) is 13.2 Å². The number of rotatable bonds is 7. The third-order valence-electron chi connectivity index (χ3n) is 3.08. The number of aliphatic hydroxyl groups is 1. The Morgan fingerprint density at radius 3 is 2.53 bits per heavy atom. The van der Waals surface area contributed by atoms with Gasteiger partial charge in [0, 0.05) is 6.54 Å². The highest BCUT2D eigenvalue weighted by molar-refractivity contribution is 5.82. The molecule has 0 heterocycles. The number of carboxylic acid groups (broad SMARTS) is 1. The predicted molar refractivity (Wildman–Crippen MR) is 67.8 cm³/mol. The lowest BCUT2D eigenvalue weighted by atomic mass is 10.2. The molecule has 0 aromatic rings. The normalized spacial score (nSPS) is 18.8. The molecule has 0 aliphatic heterocycles. The van der Waals surface area contributed by atoms with Crippen molar-refractivity contribution in [3.05, 3.63) is 0 Å². The van der Waals surface area contributed by atoms with Gasteiger partial charge in [0.1, 0.15) is 0 Å². The standard InChI is InChI=1S/C12H22N2O5/c1-8(15)10(11(16)17)14-12(18)13-6-7-19-9-4-2-3-5-9/h8-10,15H,2-7H2,1H3,(H,16,17)(H2,13,14,18). The number of aliphatic carboxylic acids is 1. The molecule has 110 valence electrons. The van der Waals surface area contributed by atoms with Crippen LogP contribution in [0.3, 0.4) is 0 Å². The van der Waals surface area contributed by atoms with Gasteiger partial charge < -0.3 is 25.6 Å². The van der Waals surface area contributed by atoms with Gasteiger partial charge in [-0.1, -0.05) is 12.8 Å². The van der Waals surface area contributed by atoms with E-state index < -0.39 is 24.1 Å². The average Bonchev–Trinajstić information content (AvgIpc) is 2.84. The molecule has 7 heteroatoms. The first kappa shape index (κ1) is 15.7. The van der Waals surface area contributed by atoms with Gasteiger partial charge in [-0.3, -0.25) is 0 Å². The molecule has 0 aromatic carbocycles. The Hall–Kier alpha value is -1.34. The van der Waals surface area contributed by atoms with Crippen molar-refractivity contribution < 1.29 is 24.5 Å². The molecule has 7 nitrogen and oxygen atoms in total. The smallest absolute Gasteiger partial charge is 0.328 e. The Morgan fingerprint density at radius 2 is 2.00 bits per heavy atom. The fourth-order valence-corrected chi connectivity index (χ4v) is 2.03. The van der Waals surface area contributed by atoms with Gasteiger partial charge >= 0.3 is 12.0 Å². The van der Waals surface area contributed by atoms with Gasteiger partial charge in [-0.05, 0) is 19.8 Å². The number of nitrogens with one attached hydrogen (secondary N) is 2. The van der Waals surface area contributed by atoms with E-state index in [1.807, 2.05) is 0 Å². The van der Waals surface area contributed by atoms with Crippen LogP contribution in [0.4, 0.5) is 4.79 Å². The van der Waals surface area contributed by atoms with Gasteiger partial charge in [0.2, 0.25) is 0 Å². The van der Waals surface area contributed by atoms with Crippen LogP contribution in [0.2, 0.25) is 0 Å². The Morgan fingerprint density at radius 1 is 1.37 bits per heavy atom. The Balaban J connectivity index is 2.14. The fraction of sp³-hybridized carbons (Fsp3) is 0.833. The summed E-state index contributed by atoms with van der Waals surface area (Å²) >= 11 is 0. The Bertz CT molecular complexity index is 302. The second-order valence-corrected chi connectivity index (χ2v) is 4.73. The third-order valence-corrected chi connectivity index (χ3v) is 3.08. The van der Waals surface area contributed by atoms with Gasteiger partial charge in [-0.2, -0.15) is 0 Å². The molecular weight excluding hydrogens is 252 g/mol. The van der Waals surface area contributed by atoms with Crippen LogP contribution in [-0.4, -0.2) is 53.6 Å². The number of carbonyl (C=O) groups is 2. The predicted octanol–water partition coefficient (Wildman–Crippen LogP) is 0.0788. The summed E-state index contributed by atoms with van der Waals surface area (Å²) in [5, 5.41) is 22.7. The summed E-state index contributed by atoms with van der Waals surface area (Å²) < 4.78 is 5.55. The lowest BCUT2D eigenvalue weighted by Crippen LogP contribution is -2.51. The van der Waals surface area contributed by atoms with Gasteiger partial charge in [0.05, 0.1) is 18.8 Å². The minimum absolute atomic E-state index is 0.286. The SMILES string of the molecule is CC(O)C(NC(=O)NCCOC1CCCC1)C(=O)O. The van der Waals surface area contributed by atoms with Crippen LogP contribution >= 0.6 is 0 Å². The maximum Gasteiger partial charge on any atom is 0.328 e. The number of amides is 2. The monoisotopic (exact) mass is 274 g/mol. The Labute approximate surface area is 112 Å². The topological polar surface area (TPSA) is 108 Å². The number of hydrogen-bond donors (Lipinski definition) is 4. The summed E-state index contributed by atoms with van der Waals surface area (Å²) in [7, 11) is 0. The molecule has 4 N–H and O–H groups in total. The highest BCUT2D eigenvalue weighted by Gasteiger charge is 2.24. The van der Waals surface area contributed by atoms with E-state index in [0.29, 0.717) is 13.2 Å². The molecule has 0 spiro atoms. The zero-order valence-electron chi connectivity index (χ0n) is 11.1. The van der Waals surface area contributed by atoms with E-state index >= 15 is 0 Å². The minimum Gasteiger partial charge on any atom is -0.480 e. The molecule has 0 aromatic heterocycles. The lowest BCUT2D eigenvalue weighted by Gasteiger charge is -2.17. The van der Waals surface area contributed by atoms with Crippen molar-refractivity contribution in [3.63, 3.8) is 0 Å². The first-order chi connectivity index (χ1) is 9.00. The first-order valence-electron chi connectivity index (χ1n) is 6.57. The summed E-state index contributed by atoms with van der Waals surface area (Å²) in [6.45, 7) is 2.03. The van der Waals surface area contributed by atoms with Gasteiger partial charge in [0.25, 0.3) is 0 Å². The third kappa shape index (κ3) is 5.89. The van der Waals surface area contributed by atoms with E-state index in [9.17, 15) is 14.7 Å². The molecule has 19 heavy (non-hydrogen) atoms. The van der Waals surface area contributed by atoms with Crippen molar-refractivity contribution in [3.8, 4) is 0 Å². The largest absolute Gasteiger partial charge is 0.480 e. The number of ether oxygens (including phenoxy) is 1. The molecule has 1 rings (SSSR count). The quantitative estimate of drug-likeness (QED) is 0.492. The second-order valence-electron chi connectivity index (χ2n) is 4.73. The van der Waals surface area contributed by atoms with E-state index in [2.05, 4.69) is 10.6 Å². The van der Waals surface area contributed by atoms with E-state index in [0.717, 1.165) is 12.8 Å². The van der Waals surface area contributed by atoms with Crippen molar-refractivity contribution in [2.24, 2.45) is 0 Å². The Kier molecular flexibility index (Phi) is 6.58. The number of carbonyl (C=O) groups excluding carboxylic acids is 1. The molecule has 1 aliphatic carbocycles. The maximum atomic E-state index is 11.4. The lowest BCUT2D eigenvalue weighted by molar-refractivity contribution is -0.141. The summed E-state index contributed by atoms with van der Waals surface area (Å²) in [6, 6.07) is -1.93. The number of carboxylic acids is 1. The van der Waals surface area contributed by atoms with E-state index in [-0.39, 0.29) is 6.10 Å². The van der Waals surface area contributed by atoms with Crippen LogP contribution in [0.25, 0.3) is 0 Å². The van der Waals surface area contributed by atoms with Crippen molar-refractivity contribution in [1.29, 1.82) is 0 Å². The molecule has 1 fully saturated rings. The van der Waals surface area contributed by atoms with E-state index in [1.165, 1.54) is 19.8 Å². The van der Waals surface area contributed by atoms with Crippen LogP contribution in [0.5, 0.6) is 0 Å². The van der Waals surface area contributed by atoms with Crippen LogP contribution in [0.15, 0.2) is 0 Å². The average molecular weight is 274 g/mol. The highest BCUT2D eigenvalue weighted by atomic mass is 16.5. The van der Waals surface area contributed by atoms with Gasteiger partial charge in [-0.25, -0.2) is 9.59 Å². The molecule has 1 saturated carbocycles. The minimum atomic E-state index is -1.31. The number of urea groups is 1. The fourth-order valence-electron chi connectivity index (χ4n) is 2.03. The second kappa shape index (κ2) is 7.96. The molecular formula is C12H22N2O5. The molecule has 0 saturated heterocycles. The maximum absolute atomic E-state index is 11.4. The summed E-state index contributed by atoms with van der Waals surface area (Å²) in [5.41, 5.74) is 0. The molecule has 0 bridgehead atoms. The molecule has 1 aliphatic rings. The zero-order valence-corrected chi connectivity index (χ0v) is 11.1. The van der Waals surface area contributed by atoms with Crippen LogP contribution in [0, 0.1) is 0 Å². The van der Waals surface area contributed by atoms with Crippen LogP contribution < -0.4 is 10.6 Å². The van der Waals surface area contributed by atoms with Crippen molar-refractivity contribution in [2.45, 2.75) is 50.9 Å². The molecule has 2 unspecified atom stereocenters. The molecule has 2 amide bonds. The van der Waals surface area contributed by atoms with Gasteiger partial charge in [-0.15, -0.1) is 0 Å². The van der Waals surface area contributed by atoms with Crippen molar-refractivity contribution in [1.82, 2.24) is 10.6 Å². The summed E-state index contributed by atoms with van der Waals surface area (Å²) in [5.74, 6) is -1.27. The number of aliphatic hydroxyl groups excluding tert-OH is 1. The molecule has 0 radical (unpaired) electrons. The van der Waals surface area contributed by atoms with E-state index in [1.54, 1.807) is 0 Å². The summed E-state index contributed by atoms with van der Waals surface area (Å²) in [4.78, 5) is 22.2. The van der Waals surface area contributed by atoms with Crippen molar-refractivity contribution >= 4 is 12.0 Å². The zero-order chi connectivity index (χ0) is 14.3. The van der Waals surface area contributed by atoms with Gasteiger partial charge in [0.15, 0.2) is 6.04 Å². The number of hydrogen-bond acceptors (Lipinski definition) is 4.